The lowest BCUT2D eigenvalue weighted by molar-refractivity contribution is 0.158. The minimum absolute atomic E-state index is 0.293. The number of anilines is 1. The number of ether oxygens (including phenoxy) is 4. The number of nitrogens with zero attached hydrogens (tertiary/aromatic N) is 1. The van der Waals surface area contributed by atoms with Crippen molar-refractivity contribution >= 4 is 5.69 Å². The van der Waals surface area contributed by atoms with Gasteiger partial charge in [-0.05, 0) is 41.7 Å². The van der Waals surface area contributed by atoms with Crippen LogP contribution >= 0.6 is 0 Å². The molecule has 6 nitrogen and oxygen atoms in total. The SMILES string of the molecule is COc1cc(N)c2c(c1OC)[14CH2]N1CCc3cc4c(cc3C1C2)OCO4. The number of benzene rings is 2. The van der Waals surface area contributed by atoms with Gasteiger partial charge in [-0.15, -0.1) is 0 Å². The maximum Gasteiger partial charge on any atom is 0.231 e. The molecule has 26 heavy (non-hydrogen) atoms. The highest BCUT2D eigenvalue weighted by Crippen LogP contribution is 2.48. The Hall–Kier alpha value is -2.60. The number of nitrogen functional groups attached to an aromatic ring is 1. The molecule has 0 bridgehead atoms. The van der Waals surface area contributed by atoms with Crippen LogP contribution in [0.3, 0.4) is 0 Å². The van der Waals surface area contributed by atoms with Gasteiger partial charge in [0.15, 0.2) is 23.0 Å². The topological polar surface area (TPSA) is 66.2 Å². The lowest BCUT2D eigenvalue weighted by Crippen LogP contribution is -2.39. The van der Waals surface area contributed by atoms with E-state index < -0.39 is 0 Å². The second-order valence-electron chi connectivity index (χ2n) is 7.00. The van der Waals surface area contributed by atoms with E-state index in [0.717, 1.165) is 60.0 Å². The predicted molar refractivity (Wildman–Crippen MR) is 97.1 cm³/mol. The monoisotopic (exact) mass is 356 g/mol. The molecule has 2 aromatic rings. The molecule has 0 amide bonds. The number of fused-ring (bicyclic) bond motifs is 5. The largest absolute Gasteiger partial charge is 0.493 e. The number of nitrogens with two attached hydrogens (primary N) is 1. The summed E-state index contributed by atoms with van der Waals surface area (Å²) in [6.07, 6.45) is 1.85. The zero-order valence-electron chi connectivity index (χ0n) is 15.0. The highest BCUT2D eigenvalue weighted by atomic mass is 16.7. The molecule has 2 N–H and O–H groups in total. The molecule has 5 rings (SSSR count). The minimum Gasteiger partial charge on any atom is -0.493 e. The molecule has 2 aromatic carbocycles. The molecule has 3 aliphatic heterocycles. The molecular formula is C20H22N2O4. The van der Waals surface area contributed by atoms with Crippen molar-refractivity contribution in [1.82, 2.24) is 4.90 Å². The van der Waals surface area contributed by atoms with Gasteiger partial charge >= 0.3 is 0 Å². The van der Waals surface area contributed by atoms with Crippen LogP contribution < -0.4 is 24.7 Å². The quantitative estimate of drug-likeness (QED) is 0.835. The molecule has 0 radical (unpaired) electrons. The zero-order chi connectivity index (χ0) is 17.8. The summed E-state index contributed by atoms with van der Waals surface area (Å²) in [6.45, 7) is 2.11. The summed E-state index contributed by atoms with van der Waals surface area (Å²) in [5.41, 5.74) is 12.1. The van der Waals surface area contributed by atoms with E-state index in [9.17, 15) is 0 Å². The molecule has 0 spiro atoms. The lowest BCUT2D eigenvalue weighted by atomic mass is 9.87. The molecule has 6 heteroatoms. The number of hydrogen-bond donors (Lipinski definition) is 1. The van der Waals surface area contributed by atoms with Crippen molar-refractivity contribution in [2.24, 2.45) is 0 Å². The Morgan fingerprint density at radius 2 is 1.96 bits per heavy atom. The molecule has 3 aliphatic rings. The molecule has 3 heterocycles. The van der Waals surface area contributed by atoms with Gasteiger partial charge in [-0.2, -0.15) is 0 Å². The van der Waals surface area contributed by atoms with E-state index in [2.05, 4.69) is 17.0 Å². The minimum atomic E-state index is 0.293. The van der Waals surface area contributed by atoms with Crippen molar-refractivity contribution in [3.8, 4) is 23.0 Å². The van der Waals surface area contributed by atoms with Gasteiger partial charge in [0, 0.05) is 36.4 Å². The summed E-state index contributed by atoms with van der Waals surface area (Å²) >= 11 is 0. The van der Waals surface area contributed by atoms with Crippen molar-refractivity contribution < 1.29 is 18.9 Å². The summed E-state index contributed by atoms with van der Waals surface area (Å²) in [6, 6.07) is 6.46. The molecule has 0 saturated carbocycles. The Labute approximate surface area is 152 Å². The first-order valence-electron chi connectivity index (χ1n) is 8.88. The first-order valence-corrected chi connectivity index (χ1v) is 8.88. The zero-order valence-corrected chi connectivity index (χ0v) is 15.0. The van der Waals surface area contributed by atoms with E-state index in [1.165, 1.54) is 11.1 Å². The van der Waals surface area contributed by atoms with Gasteiger partial charge < -0.3 is 24.7 Å². The van der Waals surface area contributed by atoms with E-state index in [4.69, 9.17) is 24.7 Å². The molecule has 0 saturated heterocycles. The Morgan fingerprint density at radius 1 is 1.15 bits per heavy atom. The molecule has 1 unspecified atom stereocenters. The lowest BCUT2D eigenvalue weighted by Gasteiger charge is -2.42. The third-order valence-electron chi connectivity index (χ3n) is 5.78. The molecule has 136 valence electrons. The molecule has 1 atom stereocenters. The van der Waals surface area contributed by atoms with Gasteiger partial charge in [-0.1, -0.05) is 0 Å². The third-order valence-corrected chi connectivity index (χ3v) is 5.78. The Kier molecular flexibility index (Phi) is 3.43. The maximum atomic E-state index is 6.37. The summed E-state index contributed by atoms with van der Waals surface area (Å²) in [5.74, 6) is 3.20. The smallest absolute Gasteiger partial charge is 0.231 e. The van der Waals surface area contributed by atoms with E-state index >= 15 is 0 Å². The standard InChI is InChI=1S/C20H22N2O4/c1-23-19-8-15(21)13-6-16-12-7-18-17(25-10-26-18)5-11(12)3-4-22(16)9-14(13)20(19)24-2/h5,7-8,16H,3-4,6,9-10,21H2,1-2H3/i9+2. The molecule has 0 aliphatic carbocycles. The number of methoxy groups -OCH3 is 2. The van der Waals surface area contributed by atoms with E-state index in [1.54, 1.807) is 14.2 Å². The van der Waals surface area contributed by atoms with E-state index in [-0.39, 0.29) is 0 Å². The summed E-state index contributed by atoms with van der Waals surface area (Å²) in [4.78, 5) is 2.49. The van der Waals surface area contributed by atoms with E-state index in [0.29, 0.717) is 18.6 Å². The fourth-order valence-corrected chi connectivity index (χ4v) is 4.51. The Balaban J connectivity index is 1.60. The Morgan fingerprint density at radius 3 is 2.73 bits per heavy atom. The predicted octanol–water partition coefficient (Wildman–Crippen LogP) is 2.67. The van der Waals surface area contributed by atoms with Crippen molar-refractivity contribution in [3.63, 3.8) is 0 Å². The van der Waals surface area contributed by atoms with Crippen LogP contribution in [0, 0.1) is 0 Å². The average molecular weight is 356 g/mol. The summed E-state index contributed by atoms with van der Waals surface area (Å²) < 4.78 is 22.3. The van der Waals surface area contributed by atoms with Gasteiger partial charge in [-0.3, -0.25) is 4.90 Å². The maximum absolute atomic E-state index is 6.37. The van der Waals surface area contributed by atoms with Crippen LogP contribution in [-0.4, -0.2) is 32.5 Å². The first-order chi connectivity index (χ1) is 12.7. The van der Waals surface area contributed by atoms with Crippen LogP contribution in [0.4, 0.5) is 5.69 Å². The van der Waals surface area contributed by atoms with E-state index in [1.807, 2.05) is 6.07 Å². The average Bonchev–Trinajstić information content (AvgIpc) is 3.12. The van der Waals surface area contributed by atoms with Crippen molar-refractivity contribution in [2.75, 3.05) is 33.3 Å². The highest BCUT2D eigenvalue weighted by molar-refractivity contribution is 5.65. The van der Waals surface area contributed by atoms with Crippen LogP contribution in [0.2, 0.25) is 0 Å². The van der Waals surface area contributed by atoms with Gasteiger partial charge in [-0.25, -0.2) is 0 Å². The number of hydrogen-bond acceptors (Lipinski definition) is 6. The second kappa shape index (κ2) is 5.71. The van der Waals surface area contributed by atoms with Crippen molar-refractivity contribution in [3.05, 3.63) is 40.5 Å². The molecular weight excluding hydrogens is 334 g/mol. The first kappa shape index (κ1) is 15.6. The van der Waals surface area contributed by atoms with Crippen LogP contribution in [0.25, 0.3) is 0 Å². The molecule has 0 fully saturated rings. The summed E-state index contributed by atoms with van der Waals surface area (Å²) in [7, 11) is 3.33. The highest BCUT2D eigenvalue weighted by Gasteiger charge is 2.36. The normalized spacial score (nSPS) is 20.2. The van der Waals surface area contributed by atoms with Gasteiger partial charge in [0.05, 0.1) is 14.2 Å². The van der Waals surface area contributed by atoms with Gasteiger partial charge in [0.1, 0.15) is 0 Å². The van der Waals surface area contributed by atoms with Crippen molar-refractivity contribution in [2.45, 2.75) is 25.4 Å². The van der Waals surface area contributed by atoms with Crippen LogP contribution in [0.1, 0.15) is 28.3 Å². The van der Waals surface area contributed by atoms with Crippen LogP contribution in [0.15, 0.2) is 18.2 Å². The van der Waals surface area contributed by atoms with Crippen LogP contribution in [0.5, 0.6) is 23.0 Å². The fourth-order valence-electron chi connectivity index (χ4n) is 4.51. The number of rotatable bonds is 2. The molecule has 0 aromatic heterocycles. The van der Waals surface area contributed by atoms with Crippen LogP contribution in [-0.2, 0) is 19.4 Å². The second-order valence-corrected chi connectivity index (χ2v) is 7.00. The van der Waals surface area contributed by atoms with Gasteiger partial charge in [0.2, 0.25) is 6.79 Å². The third kappa shape index (κ3) is 2.15. The fraction of sp³-hybridized carbons (Fsp3) is 0.400. The van der Waals surface area contributed by atoms with Crippen molar-refractivity contribution in [1.29, 1.82) is 0 Å². The van der Waals surface area contributed by atoms with Gasteiger partial charge in [0.25, 0.3) is 0 Å². The Bertz CT molecular complexity index is 896. The summed E-state index contributed by atoms with van der Waals surface area (Å²) in [5, 5.41) is 0.